The number of hydrogen-bond acceptors (Lipinski definition) is 5. The van der Waals surface area contributed by atoms with Crippen molar-refractivity contribution in [3.63, 3.8) is 0 Å². The smallest absolute Gasteiger partial charge is 0.306 e. The summed E-state index contributed by atoms with van der Waals surface area (Å²) < 4.78 is 4.72. The number of anilines is 1. The highest BCUT2D eigenvalue weighted by molar-refractivity contribution is 7.80. The van der Waals surface area contributed by atoms with E-state index in [0.29, 0.717) is 11.3 Å². The molecule has 0 radical (unpaired) electrons. The van der Waals surface area contributed by atoms with Crippen LogP contribution in [0.5, 0.6) is 0 Å². The first-order valence-electron chi connectivity index (χ1n) is 6.32. The minimum atomic E-state index is -0.429. The second kappa shape index (κ2) is 8.66. The zero-order valence-corrected chi connectivity index (χ0v) is 12.3. The lowest BCUT2D eigenvalue weighted by Gasteiger charge is -2.10. The van der Waals surface area contributed by atoms with Crippen LogP contribution >= 0.6 is 12.2 Å². The SMILES string of the molecule is CCOC(=O)CCC(=O)NC(=S)Nc1ccccc1C#N. The highest BCUT2D eigenvalue weighted by Gasteiger charge is 2.10. The molecule has 0 spiro atoms. The fourth-order valence-corrected chi connectivity index (χ4v) is 1.70. The minimum Gasteiger partial charge on any atom is -0.466 e. The average Bonchev–Trinajstić information content (AvgIpc) is 2.46. The number of rotatable bonds is 5. The molecule has 0 fully saturated rings. The van der Waals surface area contributed by atoms with Crippen LogP contribution in [-0.2, 0) is 14.3 Å². The zero-order chi connectivity index (χ0) is 15.7. The molecule has 21 heavy (non-hydrogen) atoms. The van der Waals surface area contributed by atoms with E-state index in [2.05, 4.69) is 10.6 Å². The highest BCUT2D eigenvalue weighted by Crippen LogP contribution is 2.13. The molecule has 0 saturated carbocycles. The van der Waals surface area contributed by atoms with Crippen LogP contribution in [0.1, 0.15) is 25.3 Å². The number of benzene rings is 1. The number of hydrogen-bond donors (Lipinski definition) is 2. The molecule has 110 valence electrons. The molecule has 1 aromatic carbocycles. The Labute approximate surface area is 128 Å². The summed E-state index contributed by atoms with van der Waals surface area (Å²) in [4.78, 5) is 22.7. The van der Waals surface area contributed by atoms with E-state index >= 15 is 0 Å². The third-order valence-electron chi connectivity index (χ3n) is 2.41. The summed E-state index contributed by atoms with van der Waals surface area (Å²) in [5.74, 6) is -0.823. The van der Waals surface area contributed by atoms with Crippen molar-refractivity contribution in [2.24, 2.45) is 0 Å². The van der Waals surface area contributed by atoms with Gasteiger partial charge in [-0.25, -0.2) is 0 Å². The minimum absolute atomic E-state index is 0.00291. The maximum Gasteiger partial charge on any atom is 0.306 e. The Kier molecular flexibility index (Phi) is 6.84. The summed E-state index contributed by atoms with van der Waals surface area (Å²) in [5.41, 5.74) is 0.927. The van der Waals surface area contributed by atoms with Crippen LogP contribution < -0.4 is 10.6 Å². The Morgan fingerprint density at radius 2 is 2.05 bits per heavy atom. The summed E-state index contributed by atoms with van der Waals surface area (Å²) in [7, 11) is 0. The predicted molar refractivity (Wildman–Crippen MR) is 81.4 cm³/mol. The topological polar surface area (TPSA) is 91.2 Å². The van der Waals surface area contributed by atoms with E-state index < -0.39 is 11.9 Å². The van der Waals surface area contributed by atoms with Crippen LogP contribution in [0.25, 0.3) is 0 Å². The molecule has 0 heterocycles. The van der Waals surface area contributed by atoms with Crippen molar-refractivity contribution in [1.82, 2.24) is 5.32 Å². The first kappa shape index (κ1) is 16.6. The van der Waals surface area contributed by atoms with Crippen molar-refractivity contribution in [3.05, 3.63) is 29.8 Å². The summed E-state index contributed by atoms with van der Waals surface area (Å²) in [6.45, 7) is 1.98. The highest BCUT2D eigenvalue weighted by atomic mass is 32.1. The summed E-state index contributed by atoms with van der Waals surface area (Å²) >= 11 is 4.98. The summed E-state index contributed by atoms with van der Waals surface area (Å²) in [5, 5.41) is 14.2. The Bertz CT molecular complexity index is 581. The van der Waals surface area contributed by atoms with Gasteiger partial charge in [0, 0.05) is 6.42 Å². The van der Waals surface area contributed by atoms with E-state index in [1.54, 1.807) is 31.2 Å². The lowest BCUT2D eigenvalue weighted by Crippen LogP contribution is -2.34. The van der Waals surface area contributed by atoms with Crippen LogP contribution in [0, 0.1) is 11.3 Å². The fourth-order valence-electron chi connectivity index (χ4n) is 1.48. The average molecular weight is 305 g/mol. The van der Waals surface area contributed by atoms with Crippen LogP contribution in [0.3, 0.4) is 0 Å². The molecule has 7 heteroatoms. The Morgan fingerprint density at radius 3 is 2.71 bits per heavy atom. The van der Waals surface area contributed by atoms with Crippen LogP contribution in [0.4, 0.5) is 5.69 Å². The molecule has 6 nitrogen and oxygen atoms in total. The molecule has 0 atom stereocenters. The molecule has 0 aliphatic carbocycles. The van der Waals surface area contributed by atoms with E-state index in [0.717, 1.165) is 0 Å². The van der Waals surface area contributed by atoms with Crippen LogP contribution in [0.15, 0.2) is 24.3 Å². The molecule has 1 amide bonds. The van der Waals surface area contributed by atoms with Crippen molar-refractivity contribution >= 4 is 34.9 Å². The van der Waals surface area contributed by atoms with Gasteiger partial charge >= 0.3 is 5.97 Å². The van der Waals surface area contributed by atoms with Crippen molar-refractivity contribution in [2.75, 3.05) is 11.9 Å². The molecule has 0 unspecified atom stereocenters. The Morgan fingerprint density at radius 1 is 1.33 bits per heavy atom. The number of carbonyl (C=O) groups is 2. The normalized spacial score (nSPS) is 9.33. The third kappa shape index (κ3) is 6.01. The zero-order valence-electron chi connectivity index (χ0n) is 11.5. The second-order valence-corrected chi connectivity index (χ2v) is 4.37. The number of ether oxygens (including phenoxy) is 1. The van der Waals surface area contributed by atoms with Crippen molar-refractivity contribution in [1.29, 1.82) is 5.26 Å². The fraction of sp³-hybridized carbons (Fsp3) is 0.286. The molecular formula is C14H15N3O3S. The third-order valence-corrected chi connectivity index (χ3v) is 2.61. The van der Waals surface area contributed by atoms with Gasteiger partial charge in [-0.2, -0.15) is 5.26 Å². The largest absolute Gasteiger partial charge is 0.466 e. The number of nitriles is 1. The lowest BCUT2D eigenvalue weighted by molar-refractivity contribution is -0.144. The first-order chi connectivity index (χ1) is 10.1. The number of thiocarbonyl (C=S) groups is 1. The van der Waals surface area contributed by atoms with E-state index in [4.69, 9.17) is 22.2 Å². The Hall–Kier alpha value is -2.46. The van der Waals surface area contributed by atoms with Gasteiger partial charge in [0.25, 0.3) is 0 Å². The summed E-state index contributed by atoms with van der Waals surface area (Å²) in [6, 6.07) is 8.79. The van der Waals surface area contributed by atoms with Gasteiger partial charge in [0.2, 0.25) is 5.91 Å². The maximum atomic E-state index is 11.6. The second-order valence-electron chi connectivity index (χ2n) is 3.96. The molecule has 0 bridgehead atoms. The molecule has 2 N–H and O–H groups in total. The van der Waals surface area contributed by atoms with Gasteiger partial charge in [-0.1, -0.05) is 12.1 Å². The molecule has 0 aliphatic rings. The van der Waals surface area contributed by atoms with Gasteiger partial charge in [0.05, 0.1) is 24.3 Å². The van der Waals surface area contributed by atoms with E-state index in [1.165, 1.54) is 0 Å². The number of amides is 1. The number of para-hydroxylation sites is 1. The molecule has 1 rings (SSSR count). The van der Waals surface area contributed by atoms with Gasteiger partial charge in [0.15, 0.2) is 5.11 Å². The first-order valence-corrected chi connectivity index (χ1v) is 6.73. The maximum absolute atomic E-state index is 11.6. The van der Waals surface area contributed by atoms with Crippen molar-refractivity contribution in [2.45, 2.75) is 19.8 Å². The predicted octanol–water partition coefficient (Wildman–Crippen LogP) is 1.71. The van der Waals surface area contributed by atoms with Gasteiger partial charge in [-0.15, -0.1) is 0 Å². The van der Waals surface area contributed by atoms with Crippen molar-refractivity contribution < 1.29 is 14.3 Å². The monoisotopic (exact) mass is 305 g/mol. The number of esters is 1. The number of nitrogens with one attached hydrogen (secondary N) is 2. The van der Waals surface area contributed by atoms with Gasteiger partial charge < -0.3 is 15.4 Å². The van der Waals surface area contributed by atoms with Crippen LogP contribution in [0.2, 0.25) is 0 Å². The van der Waals surface area contributed by atoms with Crippen molar-refractivity contribution in [3.8, 4) is 6.07 Å². The van der Waals surface area contributed by atoms with E-state index in [1.807, 2.05) is 6.07 Å². The molecule has 0 aromatic heterocycles. The van der Waals surface area contributed by atoms with Gasteiger partial charge in [0.1, 0.15) is 6.07 Å². The quantitative estimate of drug-likeness (QED) is 0.636. The molecule has 0 saturated heterocycles. The number of nitrogens with zero attached hydrogens (tertiary/aromatic N) is 1. The van der Waals surface area contributed by atoms with Crippen LogP contribution in [-0.4, -0.2) is 23.6 Å². The van der Waals surface area contributed by atoms with E-state index in [9.17, 15) is 9.59 Å². The molecule has 1 aromatic rings. The summed E-state index contributed by atoms with van der Waals surface area (Å²) in [6.07, 6.45) is -0.0163. The van der Waals surface area contributed by atoms with E-state index in [-0.39, 0.29) is 24.6 Å². The number of carbonyl (C=O) groups excluding carboxylic acids is 2. The van der Waals surface area contributed by atoms with Gasteiger partial charge in [-0.3, -0.25) is 9.59 Å². The standard InChI is InChI=1S/C14H15N3O3S/c1-2-20-13(19)8-7-12(18)17-14(21)16-11-6-4-3-5-10(11)9-15/h3-6H,2,7-8H2,1H3,(H2,16,17,18,21). The Balaban J connectivity index is 2.45. The molecular weight excluding hydrogens is 290 g/mol. The molecule has 0 aliphatic heterocycles. The lowest BCUT2D eigenvalue weighted by atomic mass is 10.2. The van der Waals surface area contributed by atoms with Gasteiger partial charge in [-0.05, 0) is 31.3 Å².